The van der Waals surface area contributed by atoms with Crippen LogP contribution < -0.4 is 0 Å². The molecule has 42 heavy (non-hydrogen) atoms. The molecule has 6 aliphatic rings. The Morgan fingerprint density at radius 2 is 1.07 bits per heavy atom. The molecule has 6 saturated carbocycles. The Morgan fingerprint density at radius 1 is 0.595 bits per heavy atom. The van der Waals surface area contributed by atoms with Gasteiger partial charge >= 0.3 is 0 Å². The molecule has 0 aromatic carbocycles. The quantitative estimate of drug-likeness (QED) is 0.285. The Kier molecular flexibility index (Phi) is 8.07. The molecule has 0 amide bonds. The first-order valence-electron chi connectivity index (χ1n) is 17.3. The summed E-state index contributed by atoms with van der Waals surface area (Å²) in [5.74, 6) is 5.19. The highest BCUT2D eigenvalue weighted by Crippen LogP contribution is 2.70. The fraction of sp³-hybridized carbons (Fsp3) is 0.923. The van der Waals surface area contributed by atoms with Gasteiger partial charge < -0.3 is 0 Å². The number of ketones is 3. The van der Waals surface area contributed by atoms with Crippen molar-refractivity contribution < 1.29 is 14.4 Å². The second kappa shape index (κ2) is 10.0. The van der Waals surface area contributed by atoms with Crippen LogP contribution in [0.5, 0.6) is 0 Å². The molecule has 6 rings (SSSR count). The maximum Gasteiger partial charge on any atom is 0.137 e. The third-order valence-corrected chi connectivity index (χ3v) is 14.5. The zero-order chi connectivity index (χ0) is 32.2. The third-order valence-electron chi connectivity index (χ3n) is 14.5. The number of fused-ring (bicyclic) bond motifs is 3. The first kappa shape index (κ1) is 33.9. The molecule has 10 atom stereocenters. The summed E-state index contributed by atoms with van der Waals surface area (Å²) in [6.07, 6.45) is 7.37. The SMILES string of the molecule is CC(C)(C)C1CC2(C)C1C(=O)CC2(C)C.CC(C)(C)C1CC2(C)CCC(=O)C12.CC1CC(=O)C2C(C(C)(C)C)CC12C. The van der Waals surface area contributed by atoms with E-state index in [1.54, 1.807) is 0 Å². The van der Waals surface area contributed by atoms with Crippen molar-refractivity contribution in [1.82, 2.24) is 0 Å². The van der Waals surface area contributed by atoms with Crippen LogP contribution in [-0.4, -0.2) is 17.3 Å². The lowest BCUT2D eigenvalue weighted by molar-refractivity contribution is -0.144. The molecule has 0 N–H and O–H groups in total. The van der Waals surface area contributed by atoms with Crippen molar-refractivity contribution >= 4 is 17.3 Å². The molecule has 6 aliphatic carbocycles. The van der Waals surface area contributed by atoms with Crippen LogP contribution in [0, 0.1) is 79.3 Å². The van der Waals surface area contributed by atoms with E-state index in [0.29, 0.717) is 85.9 Å². The van der Waals surface area contributed by atoms with Crippen LogP contribution in [0.4, 0.5) is 0 Å². The summed E-state index contributed by atoms with van der Waals surface area (Å²) in [6.45, 7) is 34.2. The topological polar surface area (TPSA) is 51.2 Å². The van der Waals surface area contributed by atoms with Crippen LogP contribution in [-0.2, 0) is 14.4 Å². The Morgan fingerprint density at radius 3 is 1.50 bits per heavy atom. The normalized spacial score (nSPS) is 45.2. The number of hydrogen-bond acceptors (Lipinski definition) is 3. The molecule has 0 bridgehead atoms. The monoisotopic (exact) mass is 583 g/mol. The van der Waals surface area contributed by atoms with Crippen molar-refractivity contribution in [2.45, 2.75) is 149 Å². The van der Waals surface area contributed by atoms with Gasteiger partial charge in [-0.25, -0.2) is 0 Å². The van der Waals surface area contributed by atoms with Crippen molar-refractivity contribution in [1.29, 1.82) is 0 Å². The summed E-state index contributed by atoms with van der Waals surface area (Å²) in [7, 11) is 0. The predicted molar refractivity (Wildman–Crippen MR) is 174 cm³/mol. The van der Waals surface area contributed by atoms with E-state index >= 15 is 0 Å². The minimum Gasteiger partial charge on any atom is -0.299 e. The number of carbonyl (C=O) groups is 3. The van der Waals surface area contributed by atoms with E-state index in [-0.39, 0.29) is 10.8 Å². The van der Waals surface area contributed by atoms with Gasteiger partial charge in [-0.05, 0) is 87.3 Å². The molecule has 0 saturated heterocycles. The Hall–Kier alpha value is -0.990. The second-order valence-electron chi connectivity index (χ2n) is 20.6. The number of Topliss-reactive ketones (excluding diaryl/α,β-unsaturated/α-hetero) is 3. The summed E-state index contributed by atoms with van der Waals surface area (Å²) in [6, 6.07) is 0. The van der Waals surface area contributed by atoms with E-state index in [0.717, 1.165) is 25.7 Å². The second-order valence-corrected chi connectivity index (χ2v) is 20.6. The molecule has 0 aliphatic heterocycles. The van der Waals surface area contributed by atoms with E-state index < -0.39 is 0 Å². The lowest BCUT2D eigenvalue weighted by Crippen LogP contribution is -2.54. The summed E-state index contributed by atoms with van der Waals surface area (Å²) >= 11 is 0. The summed E-state index contributed by atoms with van der Waals surface area (Å²) < 4.78 is 0. The van der Waals surface area contributed by atoms with Gasteiger partial charge in [-0.2, -0.15) is 0 Å². The number of carbonyl (C=O) groups excluding carboxylic acids is 3. The van der Waals surface area contributed by atoms with Crippen LogP contribution >= 0.6 is 0 Å². The van der Waals surface area contributed by atoms with Gasteiger partial charge in [0.2, 0.25) is 0 Å². The Bertz CT molecular complexity index is 1110. The maximum absolute atomic E-state index is 12.1. The van der Waals surface area contributed by atoms with Crippen LogP contribution in [0.1, 0.15) is 149 Å². The molecular weight excluding hydrogens is 516 g/mol. The minimum atomic E-state index is 0.219. The highest BCUT2D eigenvalue weighted by molar-refractivity contribution is 5.87. The molecule has 3 heteroatoms. The van der Waals surface area contributed by atoms with Gasteiger partial charge in [0, 0.05) is 37.0 Å². The van der Waals surface area contributed by atoms with E-state index in [1.807, 2.05) is 0 Å². The average molecular weight is 583 g/mol. The van der Waals surface area contributed by atoms with Gasteiger partial charge in [-0.15, -0.1) is 0 Å². The van der Waals surface area contributed by atoms with Crippen molar-refractivity contribution in [3.63, 3.8) is 0 Å². The fourth-order valence-electron chi connectivity index (χ4n) is 10.7. The first-order chi connectivity index (χ1) is 18.7. The first-order valence-corrected chi connectivity index (χ1v) is 17.3. The molecule has 0 spiro atoms. The van der Waals surface area contributed by atoms with Gasteiger partial charge in [0.05, 0.1) is 0 Å². The molecule has 6 fully saturated rings. The van der Waals surface area contributed by atoms with Crippen molar-refractivity contribution in [3.8, 4) is 0 Å². The van der Waals surface area contributed by atoms with Crippen LogP contribution in [0.15, 0.2) is 0 Å². The highest BCUT2D eigenvalue weighted by atomic mass is 16.1. The zero-order valence-electron chi connectivity index (χ0n) is 30.2. The van der Waals surface area contributed by atoms with Gasteiger partial charge in [0.15, 0.2) is 0 Å². The minimum absolute atomic E-state index is 0.219. The molecular formula is C39H66O3. The summed E-state index contributed by atoms with van der Waals surface area (Å²) in [4.78, 5) is 35.7. The number of rotatable bonds is 0. The largest absolute Gasteiger partial charge is 0.299 e. The van der Waals surface area contributed by atoms with Crippen molar-refractivity contribution in [3.05, 3.63) is 0 Å². The van der Waals surface area contributed by atoms with Gasteiger partial charge in [0.1, 0.15) is 17.3 Å². The van der Waals surface area contributed by atoms with Gasteiger partial charge in [-0.1, -0.05) is 104 Å². The average Bonchev–Trinajstić information content (AvgIpc) is 3.10. The Labute approximate surface area is 259 Å². The van der Waals surface area contributed by atoms with E-state index in [2.05, 4.69) is 104 Å². The van der Waals surface area contributed by atoms with Crippen LogP contribution in [0.25, 0.3) is 0 Å². The number of hydrogen-bond donors (Lipinski definition) is 0. The molecule has 0 aromatic heterocycles. The summed E-state index contributed by atoms with van der Waals surface area (Å²) in [5, 5.41) is 0. The molecule has 3 nitrogen and oxygen atoms in total. The van der Waals surface area contributed by atoms with Crippen molar-refractivity contribution in [2.24, 2.45) is 79.3 Å². The van der Waals surface area contributed by atoms with Crippen LogP contribution in [0.3, 0.4) is 0 Å². The standard InChI is InChI=1S/C14H24O.C13H22O.C12H20O/c1-12(2,3)9-7-14(6)11(9)10(15)8-13(14,4)5;1-8-6-10(14)11-9(12(2,3)4)7-13(8,11)5;1-11(2,3)8-7-12(4)6-5-9(13)10(8)12/h9,11H,7-8H2,1-6H3;8-9,11H,6-7H2,1-5H3;8,10H,5-7H2,1-4H3. The molecule has 240 valence electrons. The third kappa shape index (κ3) is 5.21. The maximum atomic E-state index is 12.1. The van der Waals surface area contributed by atoms with E-state index in [1.165, 1.54) is 19.3 Å². The Balaban J connectivity index is 0.000000145. The lowest BCUT2D eigenvalue weighted by atomic mass is 9.45. The zero-order valence-corrected chi connectivity index (χ0v) is 30.2. The molecule has 0 radical (unpaired) electrons. The van der Waals surface area contributed by atoms with Gasteiger partial charge in [0.25, 0.3) is 0 Å². The molecule has 0 heterocycles. The smallest absolute Gasteiger partial charge is 0.137 e. The van der Waals surface area contributed by atoms with Crippen molar-refractivity contribution in [2.75, 3.05) is 0 Å². The van der Waals surface area contributed by atoms with E-state index in [9.17, 15) is 14.4 Å². The van der Waals surface area contributed by atoms with Gasteiger partial charge in [-0.3, -0.25) is 14.4 Å². The fourth-order valence-corrected chi connectivity index (χ4v) is 10.7. The lowest BCUT2D eigenvalue weighted by Gasteiger charge is -2.58. The van der Waals surface area contributed by atoms with E-state index in [4.69, 9.17) is 0 Å². The highest BCUT2D eigenvalue weighted by Gasteiger charge is 2.68. The summed E-state index contributed by atoms with van der Waals surface area (Å²) in [5.41, 5.74) is 2.15. The van der Waals surface area contributed by atoms with Crippen LogP contribution in [0.2, 0.25) is 0 Å². The predicted octanol–water partition coefficient (Wildman–Crippen LogP) is 10.00. The molecule has 0 aromatic rings. The molecule has 10 unspecified atom stereocenters.